The Hall–Kier alpha value is -2.76. The topological polar surface area (TPSA) is 110 Å². The predicted molar refractivity (Wildman–Crippen MR) is 86.0 cm³/mol. The van der Waals surface area contributed by atoms with Crippen LogP contribution >= 0.6 is 0 Å². The average molecular weight is 302 g/mol. The third-order valence-corrected chi connectivity index (χ3v) is 2.67. The lowest BCUT2D eigenvalue weighted by molar-refractivity contribution is -0.117. The summed E-state index contributed by atoms with van der Waals surface area (Å²) in [5.74, 6) is -0.444. The number of hydrogen-bond acceptors (Lipinski definition) is 4. The Kier molecular flexibility index (Phi) is 6.69. The molecule has 0 aliphatic carbocycles. The van der Waals surface area contributed by atoms with E-state index in [0.717, 1.165) is 11.1 Å². The normalized spacial score (nSPS) is 11.9. The highest BCUT2D eigenvalue weighted by molar-refractivity contribution is 5.88. The van der Waals surface area contributed by atoms with Gasteiger partial charge >= 0.3 is 0 Å². The number of benzene rings is 1. The Balaban J connectivity index is 2.46. The van der Waals surface area contributed by atoms with Crippen molar-refractivity contribution in [1.29, 1.82) is 0 Å². The zero-order valence-corrected chi connectivity index (χ0v) is 12.8. The van der Waals surface area contributed by atoms with E-state index >= 15 is 0 Å². The van der Waals surface area contributed by atoms with Crippen LogP contribution in [0.4, 0.5) is 0 Å². The molecule has 2 amide bonds. The predicted octanol–water partition coefficient (Wildman–Crippen LogP) is 0.644. The van der Waals surface area contributed by atoms with E-state index in [1.54, 1.807) is 13.8 Å². The molecule has 0 saturated heterocycles. The number of nitrogens with two attached hydrogens (primary N) is 2. The summed E-state index contributed by atoms with van der Waals surface area (Å²) < 4.78 is 0. The monoisotopic (exact) mass is 302 g/mol. The van der Waals surface area contributed by atoms with Crippen molar-refractivity contribution in [2.75, 3.05) is 0 Å². The first-order valence-electron chi connectivity index (χ1n) is 6.88. The maximum atomic E-state index is 11.4. The van der Waals surface area contributed by atoms with Crippen molar-refractivity contribution < 1.29 is 9.59 Å². The van der Waals surface area contributed by atoms with Gasteiger partial charge in [-0.3, -0.25) is 9.59 Å². The molecule has 0 fully saturated rings. The summed E-state index contributed by atoms with van der Waals surface area (Å²) in [6, 6.07) is 7.57. The Morgan fingerprint density at radius 1 is 0.864 bits per heavy atom. The Bertz CT molecular complexity index is 528. The molecule has 118 valence electrons. The van der Waals surface area contributed by atoms with Crippen molar-refractivity contribution >= 4 is 11.8 Å². The zero-order chi connectivity index (χ0) is 16.5. The van der Waals surface area contributed by atoms with E-state index in [4.69, 9.17) is 11.5 Å². The minimum absolute atomic E-state index is 0.222. The number of carbonyl (C=O) groups excluding carboxylic acids is 2. The molecule has 0 heterocycles. The van der Waals surface area contributed by atoms with Crippen LogP contribution in [0.15, 0.2) is 47.8 Å². The lowest BCUT2D eigenvalue weighted by atomic mass is 10.1. The van der Waals surface area contributed by atoms with Crippen LogP contribution in [0.25, 0.3) is 0 Å². The molecule has 0 aromatic heterocycles. The highest BCUT2D eigenvalue weighted by Gasteiger charge is 2.00. The fourth-order valence-corrected chi connectivity index (χ4v) is 1.67. The summed E-state index contributed by atoms with van der Waals surface area (Å²) in [5.41, 5.74) is 13.7. The molecule has 6 heteroatoms. The molecule has 0 bridgehead atoms. The molecular formula is C16H22N4O2. The van der Waals surface area contributed by atoms with E-state index in [9.17, 15) is 9.59 Å². The Morgan fingerprint density at radius 3 is 1.45 bits per heavy atom. The number of rotatable bonds is 6. The van der Waals surface area contributed by atoms with E-state index in [0.29, 0.717) is 24.5 Å². The number of carbonyl (C=O) groups is 2. The molecule has 6 N–H and O–H groups in total. The fraction of sp³-hybridized carbons (Fsp3) is 0.250. The Labute approximate surface area is 130 Å². The van der Waals surface area contributed by atoms with Crippen LogP contribution < -0.4 is 22.1 Å². The van der Waals surface area contributed by atoms with Crippen molar-refractivity contribution in [1.82, 2.24) is 10.6 Å². The quantitative estimate of drug-likeness (QED) is 0.578. The first-order valence-corrected chi connectivity index (χ1v) is 6.88. The SMILES string of the molecule is C/C(N)=C/C(=O)NCc1ccc(CNC(=O)/C=C(/C)N)cc1. The fourth-order valence-electron chi connectivity index (χ4n) is 1.67. The molecule has 0 radical (unpaired) electrons. The first-order chi connectivity index (χ1) is 10.4. The summed E-state index contributed by atoms with van der Waals surface area (Å²) in [5, 5.41) is 5.47. The third kappa shape index (κ3) is 7.14. The van der Waals surface area contributed by atoms with Crippen molar-refractivity contribution in [3.63, 3.8) is 0 Å². The number of amides is 2. The second-order valence-corrected chi connectivity index (χ2v) is 5.03. The smallest absolute Gasteiger partial charge is 0.245 e. The number of allylic oxidation sites excluding steroid dienone is 2. The van der Waals surface area contributed by atoms with Crippen molar-refractivity contribution in [2.45, 2.75) is 26.9 Å². The molecule has 0 aliphatic heterocycles. The van der Waals surface area contributed by atoms with Crippen LogP contribution in [0.5, 0.6) is 0 Å². The van der Waals surface area contributed by atoms with E-state index in [2.05, 4.69) is 10.6 Å². The van der Waals surface area contributed by atoms with Gasteiger partial charge in [0.15, 0.2) is 0 Å². The standard InChI is InChI=1S/C16H22N4O2/c1-11(17)7-15(21)19-9-13-3-5-14(6-4-13)10-20-16(22)8-12(2)18/h3-8H,9-10,17-18H2,1-2H3,(H,19,21)(H,20,22)/b11-7-,12-8-. The summed E-state index contributed by atoms with van der Waals surface area (Å²) in [6.45, 7) is 4.16. The minimum atomic E-state index is -0.222. The number of nitrogens with one attached hydrogen (secondary N) is 2. The van der Waals surface area contributed by atoms with Crippen molar-refractivity contribution in [3.05, 3.63) is 58.9 Å². The van der Waals surface area contributed by atoms with E-state index in [-0.39, 0.29) is 11.8 Å². The highest BCUT2D eigenvalue weighted by Crippen LogP contribution is 2.04. The van der Waals surface area contributed by atoms with E-state index in [1.807, 2.05) is 24.3 Å². The molecule has 0 atom stereocenters. The number of hydrogen-bond donors (Lipinski definition) is 4. The third-order valence-electron chi connectivity index (χ3n) is 2.67. The van der Waals surface area contributed by atoms with Gasteiger partial charge in [0, 0.05) is 36.6 Å². The first kappa shape index (κ1) is 17.3. The lowest BCUT2D eigenvalue weighted by Crippen LogP contribution is -2.22. The van der Waals surface area contributed by atoms with Gasteiger partial charge in [-0.15, -0.1) is 0 Å². The second kappa shape index (κ2) is 8.51. The van der Waals surface area contributed by atoms with Crippen molar-refractivity contribution in [2.24, 2.45) is 11.5 Å². The van der Waals surface area contributed by atoms with E-state index < -0.39 is 0 Å². The van der Waals surface area contributed by atoms with Crippen LogP contribution in [0, 0.1) is 0 Å². The molecule has 0 aliphatic rings. The van der Waals surface area contributed by atoms with Crippen LogP contribution in [-0.2, 0) is 22.7 Å². The van der Waals surface area contributed by atoms with Crippen LogP contribution in [0.1, 0.15) is 25.0 Å². The second-order valence-electron chi connectivity index (χ2n) is 5.03. The molecule has 22 heavy (non-hydrogen) atoms. The van der Waals surface area contributed by atoms with Gasteiger partial charge < -0.3 is 22.1 Å². The maximum absolute atomic E-state index is 11.4. The molecule has 0 saturated carbocycles. The molecular weight excluding hydrogens is 280 g/mol. The summed E-state index contributed by atoms with van der Waals surface area (Å²) >= 11 is 0. The lowest BCUT2D eigenvalue weighted by Gasteiger charge is -2.06. The molecule has 1 rings (SSSR count). The summed E-state index contributed by atoms with van der Waals surface area (Å²) in [7, 11) is 0. The molecule has 1 aromatic rings. The van der Waals surface area contributed by atoms with Gasteiger partial charge in [-0.25, -0.2) is 0 Å². The van der Waals surface area contributed by atoms with Gasteiger partial charge in [0.25, 0.3) is 0 Å². The molecule has 0 unspecified atom stereocenters. The van der Waals surface area contributed by atoms with Crippen LogP contribution in [-0.4, -0.2) is 11.8 Å². The van der Waals surface area contributed by atoms with E-state index in [1.165, 1.54) is 12.2 Å². The van der Waals surface area contributed by atoms with Crippen LogP contribution in [0.3, 0.4) is 0 Å². The highest BCUT2D eigenvalue weighted by atomic mass is 16.2. The van der Waals surface area contributed by atoms with Gasteiger partial charge in [0.05, 0.1) is 0 Å². The minimum Gasteiger partial charge on any atom is -0.402 e. The molecule has 6 nitrogen and oxygen atoms in total. The molecule has 0 spiro atoms. The van der Waals surface area contributed by atoms with Gasteiger partial charge in [-0.1, -0.05) is 24.3 Å². The summed E-state index contributed by atoms with van der Waals surface area (Å²) in [6.07, 6.45) is 2.69. The molecule has 1 aromatic carbocycles. The van der Waals surface area contributed by atoms with Gasteiger partial charge in [0.2, 0.25) is 11.8 Å². The zero-order valence-electron chi connectivity index (χ0n) is 12.8. The average Bonchev–Trinajstić information content (AvgIpc) is 2.42. The summed E-state index contributed by atoms with van der Waals surface area (Å²) in [4.78, 5) is 22.9. The van der Waals surface area contributed by atoms with Gasteiger partial charge in [-0.05, 0) is 25.0 Å². The van der Waals surface area contributed by atoms with Crippen molar-refractivity contribution in [3.8, 4) is 0 Å². The van der Waals surface area contributed by atoms with Gasteiger partial charge in [0.1, 0.15) is 0 Å². The van der Waals surface area contributed by atoms with Gasteiger partial charge in [-0.2, -0.15) is 0 Å². The maximum Gasteiger partial charge on any atom is 0.245 e. The Morgan fingerprint density at radius 2 is 1.18 bits per heavy atom. The largest absolute Gasteiger partial charge is 0.402 e. The van der Waals surface area contributed by atoms with Crippen LogP contribution in [0.2, 0.25) is 0 Å².